The molecule has 1 aliphatic carbocycles. The van der Waals surface area contributed by atoms with Gasteiger partial charge in [0.25, 0.3) is 5.91 Å². The highest BCUT2D eigenvalue weighted by Crippen LogP contribution is 2.23. The van der Waals surface area contributed by atoms with Crippen LogP contribution in [0.25, 0.3) is 0 Å². The van der Waals surface area contributed by atoms with Crippen molar-refractivity contribution >= 4 is 11.7 Å². The van der Waals surface area contributed by atoms with Gasteiger partial charge in [-0.15, -0.1) is 0 Å². The van der Waals surface area contributed by atoms with Crippen LogP contribution in [0.1, 0.15) is 29.6 Å². The van der Waals surface area contributed by atoms with E-state index in [9.17, 15) is 4.79 Å². The lowest BCUT2D eigenvalue weighted by atomic mass is 9.93. The molecule has 5 heteroatoms. The summed E-state index contributed by atoms with van der Waals surface area (Å²) in [6.07, 6.45) is 6.34. The summed E-state index contributed by atoms with van der Waals surface area (Å²) < 4.78 is 0. The molecule has 0 bridgehead atoms. The van der Waals surface area contributed by atoms with Crippen LogP contribution in [0.3, 0.4) is 0 Å². The Morgan fingerprint density at radius 1 is 1.57 bits per heavy atom. The Bertz CT molecular complexity index is 348. The van der Waals surface area contributed by atoms with E-state index in [1.54, 1.807) is 0 Å². The third-order valence-electron chi connectivity index (χ3n) is 2.42. The Hall–Kier alpha value is -1.65. The smallest absolute Gasteiger partial charge is 0.254 e. The minimum Gasteiger partial charge on any atom is -0.367 e. The second-order valence-corrected chi connectivity index (χ2v) is 3.42. The zero-order valence-electron chi connectivity index (χ0n) is 7.73. The minimum atomic E-state index is -0.493. The topological polar surface area (TPSA) is 80.9 Å². The number of rotatable bonds is 3. The van der Waals surface area contributed by atoms with Crippen molar-refractivity contribution in [1.82, 2.24) is 9.97 Å². The van der Waals surface area contributed by atoms with Crippen molar-refractivity contribution in [3.8, 4) is 0 Å². The Balaban J connectivity index is 2.17. The van der Waals surface area contributed by atoms with Crippen molar-refractivity contribution in [2.75, 3.05) is 5.32 Å². The standard InChI is InChI=1S/C9H12N4O/c10-8(14)7-4-11-5-12-9(7)13-6-2-1-3-6/h4-6H,1-3H2,(H2,10,14)(H,11,12,13). The molecular formula is C9H12N4O. The number of nitrogens with one attached hydrogen (secondary N) is 1. The lowest BCUT2D eigenvalue weighted by Gasteiger charge is -2.27. The van der Waals surface area contributed by atoms with Gasteiger partial charge in [0.15, 0.2) is 0 Å². The average molecular weight is 192 g/mol. The van der Waals surface area contributed by atoms with Crippen LogP contribution < -0.4 is 11.1 Å². The molecule has 0 saturated heterocycles. The number of hydrogen-bond donors (Lipinski definition) is 2. The summed E-state index contributed by atoms with van der Waals surface area (Å²) in [5, 5.41) is 3.18. The minimum absolute atomic E-state index is 0.361. The summed E-state index contributed by atoms with van der Waals surface area (Å²) >= 11 is 0. The molecule has 74 valence electrons. The molecule has 0 unspecified atom stereocenters. The molecule has 1 saturated carbocycles. The van der Waals surface area contributed by atoms with Gasteiger partial charge in [0.05, 0.1) is 5.56 Å². The first-order valence-corrected chi connectivity index (χ1v) is 4.63. The molecular weight excluding hydrogens is 180 g/mol. The van der Waals surface area contributed by atoms with E-state index in [-0.39, 0.29) is 0 Å². The molecule has 1 heterocycles. The predicted octanol–water partition coefficient (Wildman–Crippen LogP) is 0.540. The van der Waals surface area contributed by atoms with Crippen molar-refractivity contribution in [1.29, 1.82) is 0 Å². The highest BCUT2D eigenvalue weighted by molar-refractivity contribution is 5.97. The number of carbonyl (C=O) groups is 1. The lowest BCUT2D eigenvalue weighted by molar-refractivity contribution is 0.100. The van der Waals surface area contributed by atoms with Crippen molar-refractivity contribution in [2.45, 2.75) is 25.3 Å². The third kappa shape index (κ3) is 1.66. The molecule has 0 atom stereocenters. The van der Waals surface area contributed by atoms with Crippen LogP contribution in [0.2, 0.25) is 0 Å². The van der Waals surface area contributed by atoms with E-state index < -0.39 is 5.91 Å². The number of nitrogens with zero attached hydrogens (tertiary/aromatic N) is 2. The number of carbonyl (C=O) groups excluding carboxylic acids is 1. The molecule has 1 fully saturated rings. The van der Waals surface area contributed by atoms with Crippen molar-refractivity contribution in [3.63, 3.8) is 0 Å². The predicted molar refractivity (Wildman–Crippen MR) is 51.8 cm³/mol. The maximum Gasteiger partial charge on any atom is 0.254 e. The second-order valence-electron chi connectivity index (χ2n) is 3.42. The van der Waals surface area contributed by atoms with Crippen molar-refractivity contribution < 1.29 is 4.79 Å². The van der Waals surface area contributed by atoms with E-state index in [2.05, 4.69) is 15.3 Å². The van der Waals surface area contributed by atoms with Gasteiger partial charge in [0.2, 0.25) is 0 Å². The summed E-state index contributed by atoms with van der Waals surface area (Å²) in [6.45, 7) is 0. The molecule has 0 aromatic carbocycles. The summed E-state index contributed by atoms with van der Waals surface area (Å²) in [7, 11) is 0. The highest BCUT2D eigenvalue weighted by atomic mass is 16.1. The molecule has 1 aromatic rings. The summed E-state index contributed by atoms with van der Waals surface area (Å²) in [5.41, 5.74) is 5.55. The van der Waals surface area contributed by atoms with Gasteiger partial charge in [-0.05, 0) is 19.3 Å². The molecule has 1 aliphatic rings. The van der Waals surface area contributed by atoms with Crippen LogP contribution in [0.15, 0.2) is 12.5 Å². The third-order valence-corrected chi connectivity index (χ3v) is 2.42. The highest BCUT2D eigenvalue weighted by Gasteiger charge is 2.19. The van der Waals surface area contributed by atoms with Gasteiger partial charge in [-0.3, -0.25) is 4.79 Å². The van der Waals surface area contributed by atoms with E-state index in [4.69, 9.17) is 5.73 Å². The molecule has 3 N–H and O–H groups in total. The van der Waals surface area contributed by atoms with Gasteiger partial charge in [-0.25, -0.2) is 9.97 Å². The Kier molecular flexibility index (Phi) is 2.30. The van der Waals surface area contributed by atoms with Crippen LogP contribution in [-0.2, 0) is 0 Å². The number of nitrogens with two attached hydrogens (primary N) is 1. The van der Waals surface area contributed by atoms with Crippen molar-refractivity contribution in [3.05, 3.63) is 18.1 Å². The monoisotopic (exact) mass is 192 g/mol. The van der Waals surface area contributed by atoms with Crippen LogP contribution >= 0.6 is 0 Å². The van der Waals surface area contributed by atoms with Gasteiger partial charge in [-0.2, -0.15) is 0 Å². The fraction of sp³-hybridized carbons (Fsp3) is 0.444. The van der Waals surface area contributed by atoms with E-state index >= 15 is 0 Å². The zero-order valence-corrected chi connectivity index (χ0v) is 7.73. The van der Waals surface area contributed by atoms with E-state index in [0.717, 1.165) is 12.8 Å². The van der Waals surface area contributed by atoms with Gasteiger partial charge in [0.1, 0.15) is 12.1 Å². The molecule has 0 spiro atoms. The molecule has 0 radical (unpaired) electrons. The number of amides is 1. The molecule has 1 amide bonds. The van der Waals surface area contributed by atoms with Crippen LogP contribution in [0.5, 0.6) is 0 Å². The lowest BCUT2D eigenvalue weighted by Crippen LogP contribution is -2.29. The average Bonchev–Trinajstić information content (AvgIpc) is 2.12. The number of anilines is 1. The number of aromatic nitrogens is 2. The van der Waals surface area contributed by atoms with Gasteiger partial charge in [-0.1, -0.05) is 0 Å². The van der Waals surface area contributed by atoms with E-state index in [1.807, 2.05) is 0 Å². The van der Waals surface area contributed by atoms with Crippen LogP contribution in [0, 0.1) is 0 Å². The summed E-state index contributed by atoms with van der Waals surface area (Å²) in [5.74, 6) is 0.0598. The molecule has 2 rings (SSSR count). The van der Waals surface area contributed by atoms with E-state index in [0.29, 0.717) is 17.4 Å². The fourth-order valence-corrected chi connectivity index (χ4v) is 1.37. The van der Waals surface area contributed by atoms with Gasteiger partial charge < -0.3 is 11.1 Å². The van der Waals surface area contributed by atoms with Crippen LogP contribution in [0.4, 0.5) is 5.82 Å². The zero-order chi connectivity index (χ0) is 9.97. The van der Waals surface area contributed by atoms with Crippen LogP contribution in [-0.4, -0.2) is 21.9 Å². The van der Waals surface area contributed by atoms with Crippen molar-refractivity contribution in [2.24, 2.45) is 5.73 Å². The Morgan fingerprint density at radius 3 is 2.93 bits per heavy atom. The molecule has 0 aliphatic heterocycles. The Labute approximate surface area is 81.7 Å². The summed E-state index contributed by atoms with van der Waals surface area (Å²) in [4.78, 5) is 18.8. The first-order valence-electron chi connectivity index (χ1n) is 4.63. The first-order chi connectivity index (χ1) is 6.77. The molecule has 1 aromatic heterocycles. The first kappa shape index (κ1) is 8.93. The second kappa shape index (κ2) is 3.61. The molecule has 14 heavy (non-hydrogen) atoms. The SMILES string of the molecule is NC(=O)c1cncnc1NC1CCC1. The summed E-state index contributed by atoms with van der Waals surface area (Å²) in [6, 6.07) is 0.433. The maximum atomic E-state index is 11.0. The van der Waals surface area contributed by atoms with Gasteiger partial charge >= 0.3 is 0 Å². The molecule has 5 nitrogen and oxygen atoms in total. The quantitative estimate of drug-likeness (QED) is 0.732. The fourth-order valence-electron chi connectivity index (χ4n) is 1.37. The largest absolute Gasteiger partial charge is 0.367 e. The number of hydrogen-bond acceptors (Lipinski definition) is 4. The maximum absolute atomic E-state index is 11.0. The van der Waals surface area contributed by atoms with Gasteiger partial charge in [0, 0.05) is 12.2 Å². The van der Waals surface area contributed by atoms with E-state index in [1.165, 1.54) is 18.9 Å². The normalized spacial score (nSPS) is 16.0. The Morgan fingerprint density at radius 2 is 2.36 bits per heavy atom. The number of primary amides is 1.